The molecule has 142 valence electrons. The van der Waals surface area contributed by atoms with Crippen LogP contribution in [0.4, 0.5) is 0 Å². The number of rotatable bonds is 12. The number of hydrogen-bond donors (Lipinski definition) is 2. The fourth-order valence-corrected chi connectivity index (χ4v) is 3.19. The minimum absolute atomic E-state index is 0.0486. The molecule has 0 aromatic rings. The van der Waals surface area contributed by atoms with E-state index in [9.17, 15) is 9.59 Å². The Kier molecular flexibility index (Phi) is 10.9. The Morgan fingerprint density at radius 3 is 2.60 bits per heavy atom. The van der Waals surface area contributed by atoms with Crippen LogP contribution >= 0.6 is 0 Å². The smallest absolute Gasteiger partial charge is 0.240 e. The first-order valence-electron chi connectivity index (χ1n) is 9.82. The van der Waals surface area contributed by atoms with Gasteiger partial charge in [-0.2, -0.15) is 5.26 Å². The zero-order valence-corrected chi connectivity index (χ0v) is 15.6. The van der Waals surface area contributed by atoms with Gasteiger partial charge in [0.05, 0.1) is 12.1 Å². The first-order chi connectivity index (χ1) is 12.1. The lowest BCUT2D eigenvalue weighted by Gasteiger charge is -2.23. The summed E-state index contributed by atoms with van der Waals surface area (Å²) in [6.45, 7) is 3.50. The SMILES string of the molecule is CCCCCCCCCNC(=O)CCC(N)C(=O)N1CCC[C@H]1C#N. The van der Waals surface area contributed by atoms with Gasteiger partial charge in [0.15, 0.2) is 0 Å². The summed E-state index contributed by atoms with van der Waals surface area (Å²) >= 11 is 0. The molecule has 25 heavy (non-hydrogen) atoms. The van der Waals surface area contributed by atoms with Crippen LogP contribution in [0.1, 0.15) is 77.6 Å². The molecule has 1 saturated heterocycles. The second-order valence-corrected chi connectivity index (χ2v) is 6.94. The van der Waals surface area contributed by atoms with Crippen LogP contribution in [0.3, 0.4) is 0 Å². The van der Waals surface area contributed by atoms with Crippen molar-refractivity contribution < 1.29 is 9.59 Å². The zero-order valence-electron chi connectivity index (χ0n) is 15.6. The Morgan fingerprint density at radius 2 is 1.92 bits per heavy atom. The van der Waals surface area contributed by atoms with Crippen molar-refractivity contribution in [3.63, 3.8) is 0 Å². The lowest BCUT2D eigenvalue weighted by Crippen LogP contribution is -2.46. The van der Waals surface area contributed by atoms with E-state index in [0.717, 1.165) is 19.3 Å². The normalized spacial score (nSPS) is 18.0. The number of hydrogen-bond acceptors (Lipinski definition) is 4. The van der Waals surface area contributed by atoms with Gasteiger partial charge in [-0.3, -0.25) is 9.59 Å². The molecule has 1 aliphatic heterocycles. The Hall–Kier alpha value is -1.61. The number of nitrogens with zero attached hydrogens (tertiary/aromatic N) is 2. The molecule has 0 spiro atoms. The quantitative estimate of drug-likeness (QED) is 0.528. The van der Waals surface area contributed by atoms with Crippen LogP contribution in [-0.4, -0.2) is 41.9 Å². The molecule has 6 nitrogen and oxygen atoms in total. The van der Waals surface area contributed by atoms with E-state index in [1.165, 1.54) is 32.1 Å². The number of nitriles is 1. The highest BCUT2D eigenvalue weighted by atomic mass is 16.2. The molecule has 1 rings (SSSR count). The molecule has 1 aliphatic rings. The van der Waals surface area contributed by atoms with Crippen molar-refractivity contribution in [3.05, 3.63) is 0 Å². The summed E-state index contributed by atoms with van der Waals surface area (Å²) in [5.41, 5.74) is 5.92. The van der Waals surface area contributed by atoms with E-state index < -0.39 is 6.04 Å². The number of nitrogens with two attached hydrogens (primary N) is 1. The predicted octanol–water partition coefficient (Wildman–Crippen LogP) is 2.48. The molecular formula is C19H34N4O2. The number of amides is 2. The molecule has 2 amide bonds. The van der Waals surface area contributed by atoms with Crippen LogP contribution in [-0.2, 0) is 9.59 Å². The van der Waals surface area contributed by atoms with Crippen LogP contribution in [0.25, 0.3) is 0 Å². The van der Waals surface area contributed by atoms with E-state index >= 15 is 0 Å². The molecule has 0 bridgehead atoms. The number of unbranched alkanes of at least 4 members (excludes halogenated alkanes) is 6. The largest absolute Gasteiger partial charge is 0.356 e. The van der Waals surface area contributed by atoms with Gasteiger partial charge < -0.3 is 16.0 Å². The summed E-state index contributed by atoms with van der Waals surface area (Å²) in [5, 5.41) is 11.9. The Bertz CT molecular complexity index is 447. The van der Waals surface area contributed by atoms with E-state index in [1.54, 1.807) is 4.90 Å². The van der Waals surface area contributed by atoms with E-state index in [-0.39, 0.29) is 24.3 Å². The van der Waals surface area contributed by atoms with Gasteiger partial charge in [-0.25, -0.2) is 0 Å². The molecular weight excluding hydrogens is 316 g/mol. The molecule has 2 atom stereocenters. The topological polar surface area (TPSA) is 99.2 Å². The van der Waals surface area contributed by atoms with Gasteiger partial charge in [-0.15, -0.1) is 0 Å². The monoisotopic (exact) mass is 350 g/mol. The summed E-state index contributed by atoms with van der Waals surface area (Å²) in [4.78, 5) is 25.7. The Morgan fingerprint density at radius 1 is 1.24 bits per heavy atom. The van der Waals surface area contributed by atoms with E-state index in [0.29, 0.717) is 25.9 Å². The second-order valence-electron chi connectivity index (χ2n) is 6.94. The Balaban J connectivity index is 2.09. The van der Waals surface area contributed by atoms with Crippen molar-refractivity contribution in [1.29, 1.82) is 5.26 Å². The standard InChI is InChI=1S/C19H34N4O2/c1-2-3-4-5-6-7-8-13-22-18(24)12-11-17(21)19(25)23-14-9-10-16(23)15-20/h16-17H,2-14,21H2,1H3,(H,22,24)/t16-,17?/m0/s1. The second kappa shape index (κ2) is 12.7. The number of likely N-dealkylation sites (tertiary alicyclic amines) is 1. The van der Waals surface area contributed by atoms with Gasteiger partial charge in [0, 0.05) is 19.5 Å². The maximum atomic E-state index is 12.3. The highest BCUT2D eigenvalue weighted by Gasteiger charge is 2.31. The average molecular weight is 351 g/mol. The van der Waals surface area contributed by atoms with Crippen molar-refractivity contribution in [2.24, 2.45) is 5.73 Å². The van der Waals surface area contributed by atoms with Gasteiger partial charge >= 0.3 is 0 Å². The summed E-state index contributed by atoms with van der Waals surface area (Å²) in [6, 6.07) is 1.09. The Labute approximate surface area is 152 Å². The van der Waals surface area contributed by atoms with Crippen molar-refractivity contribution in [2.45, 2.75) is 89.6 Å². The highest BCUT2D eigenvalue weighted by molar-refractivity contribution is 5.83. The van der Waals surface area contributed by atoms with Gasteiger partial charge in [-0.05, 0) is 25.7 Å². The van der Waals surface area contributed by atoms with Crippen molar-refractivity contribution in [2.75, 3.05) is 13.1 Å². The van der Waals surface area contributed by atoms with E-state index in [4.69, 9.17) is 11.0 Å². The van der Waals surface area contributed by atoms with E-state index in [1.807, 2.05) is 0 Å². The molecule has 0 aromatic heterocycles. The lowest BCUT2D eigenvalue weighted by molar-refractivity contribution is -0.132. The molecule has 0 saturated carbocycles. The van der Waals surface area contributed by atoms with Crippen LogP contribution in [0, 0.1) is 11.3 Å². The minimum atomic E-state index is -0.696. The summed E-state index contributed by atoms with van der Waals surface area (Å²) in [7, 11) is 0. The maximum Gasteiger partial charge on any atom is 0.240 e. The molecule has 6 heteroatoms. The van der Waals surface area contributed by atoms with E-state index in [2.05, 4.69) is 18.3 Å². The van der Waals surface area contributed by atoms with Crippen LogP contribution < -0.4 is 11.1 Å². The highest BCUT2D eigenvalue weighted by Crippen LogP contribution is 2.18. The fraction of sp³-hybridized carbons (Fsp3) is 0.842. The van der Waals surface area contributed by atoms with Gasteiger partial charge in [0.25, 0.3) is 0 Å². The van der Waals surface area contributed by atoms with Crippen molar-refractivity contribution >= 4 is 11.8 Å². The number of carbonyl (C=O) groups excluding carboxylic acids is 2. The lowest BCUT2D eigenvalue weighted by atomic mass is 10.1. The minimum Gasteiger partial charge on any atom is -0.356 e. The molecule has 3 N–H and O–H groups in total. The third-order valence-corrected chi connectivity index (χ3v) is 4.79. The molecule has 0 aliphatic carbocycles. The van der Waals surface area contributed by atoms with Crippen LogP contribution in [0.2, 0.25) is 0 Å². The molecule has 1 heterocycles. The van der Waals surface area contributed by atoms with Crippen LogP contribution in [0.15, 0.2) is 0 Å². The summed E-state index contributed by atoms with van der Waals surface area (Å²) in [6.07, 6.45) is 10.7. The van der Waals surface area contributed by atoms with Crippen molar-refractivity contribution in [3.8, 4) is 6.07 Å². The molecule has 0 aromatic carbocycles. The number of nitrogens with one attached hydrogen (secondary N) is 1. The predicted molar refractivity (Wildman–Crippen MR) is 98.6 cm³/mol. The molecule has 1 unspecified atom stereocenters. The summed E-state index contributed by atoms with van der Waals surface area (Å²) in [5.74, 6) is -0.253. The average Bonchev–Trinajstić information content (AvgIpc) is 3.09. The third kappa shape index (κ3) is 8.35. The van der Waals surface area contributed by atoms with Gasteiger partial charge in [-0.1, -0.05) is 45.4 Å². The van der Waals surface area contributed by atoms with Gasteiger partial charge in [0.2, 0.25) is 11.8 Å². The number of carbonyl (C=O) groups is 2. The zero-order chi connectivity index (χ0) is 18.5. The first-order valence-corrected chi connectivity index (χ1v) is 9.82. The summed E-state index contributed by atoms with van der Waals surface area (Å²) < 4.78 is 0. The first kappa shape index (κ1) is 21.4. The fourth-order valence-electron chi connectivity index (χ4n) is 3.19. The van der Waals surface area contributed by atoms with Crippen molar-refractivity contribution in [1.82, 2.24) is 10.2 Å². The maximum absolute atomic E-state index is 12.3. The third-order valence-electron chi connectivity index (χ3n) is 4.79. The van der Waals surface area contributed by atoms with Crippen LogP contribution in [0.5, 0.6) is 0 Å². The van der Waals surface area contributed by atoms with Gasteiger partial charge in [0.1, 0.15) is 6.04 Å². The molecule has 0 radical (unpaired) electrons. The molecule has 1 fully saturated rings.